The summed E-state index contributed by atoms with van der Waals surface area (Å²) in [5.74, 6) is 0.146. The third-order valence-corrected chi connectivity index (χ3v) is 2.23. The van der Waals surface area contributed by atoms with Gasteiger partial charge in [0.1, 0.15) is 12.1 Å². The maximum Gasteiger partial charge on any atom is 0.416 e. The molecule has 6 nitrogen and oxygen atoms in total. The number of nitrogens with one attached hydrogen (secondary N) is 1. The summed E-state index contributed by atoms with van der Waals surface area (Å²) in [5.41, 5.74) is -0.0976. The second-order valence-corrected chi connectivity index (χ2v) is 4.99. The molecule has 96 valence electrons. The Morgan fingerprint density at radius 1 is 1.50 bits per heavy atom. The number of hydrogen-bond acceptors (Lipinski definition) is 4. The van der Waals surface area contributed by atoms with Gasteiger partial charge in [0.15, 0.2) is 5.82 Å². The highest BCUT2D eigenvalue weighted by atomic mass is 16.6. The fraction of sp³-hybridized carbons (Fsp3) is 0.417. The highest BCUT2D eigenvalue weighted by Crippen LogP contribution is 2.27. The van der Waals surface area contributed by atoms with E-state index >= 15 is 0 Å². The van der Waals surface area contributed by atoms with E-state index in [1.165, 1.54) is 4.90 Å². The third kappa shape index (κ3) is 2.58. The molecule has 0 atom stereocenters. The Hall–Kier alpha value is -2.11. The normalized spacial score (nSPS) is 14.8. The van der Waals surface area contributed by atoms with Crippen LogP contribution in [0.15, 0.2) is 18.3 Å². The Balaban J connectivity index is 2.29. The Morgan fingerprint density at radius 2 is 2.22 bits per heavy atom. The van der Waals surface area contributed by atoms with Gasteiger partial charge < -0.3 is 10.1 Å². The van der Waals surface area contributed by atoms with E-state index in [9.17, 15) is 9.59 Å². The van der Waals surface area contributed by atoms with Gasteiger partial charge in [-0.3, -0.25) is 9.69 Å². The first kappa shape index (κ1) is 12.3. The van der Waals surface area contributed by atoms with Gasteiger partial charge in [-0.25, -0.2) is 9.78 Å². The van der Waals surface area contributed by atoms with Gasteiger partial charge in [0, 0.05) is 6.20 Å². The first-order valence-electron chi connectivity index (χ1n) is 5.62. The predicted octanol–water partition coefficient (Wildman–Crippen LogP) is 1.78. The maximum atomic E-state index is 12.0. The number of carbonyl (C=O) groups is 2. The van der Waals surface area contributed by atoms with Crippen LogP contribution in [0.4, 0.5) is 16.3 Å². The second kappa shape index (κ2) is 4.29. The molecule has 2 amide bonds. The molecular weight excluding hydrogens is 234 g/mol. The van der Waals surface area contributed by atoms with Gasteiger partial charge >= 0.3 is 6.09 Å². The number of aromatic nitrogens is 1. The van der Waals surface area contributed by atoms with Gasteiger partial charge in [0.05, 0.1) is 5.69 Å². The average molecular weight is 249 g/mol. The lowest BCUT2D eigenvalue weighted by atomic mass is 10.2. The summed E-state index contributed by atoms with van der Waals surface area (Å²) in [5, 5.41) is 2.66. The Kier molecular flexibility index (Phi) is 2.94. The number of anilines is 2. The maximum absolute atomic E-state index is 12.0. The van der Waals surface area contributed by atoms with Gasteiger partial charge in [-0.2, -0.15) is 0 Å². The second-order valence-electron chi connectivity index (χ2n) is 4.99. The summed E-state index contributed by atoms with van der Waals surface area (Å²) in [7, 11) is 0. The number of fused-ring (bicyclic) bond motifs is 1. The van der Waals surface area contributed by atoms with Crippen LogP contribution < -0.4 is 10.2 Å². The van der Waals surface area contributed by atoms with Crippen molar-refractivity contribution in [2.75, 3.05) is 16.8 Å². The standard InChI is InChI=1S/C12H15N3O3/c1-12(2,3)18-11(17)15-7-9(16)14-8-5-4-6-13-10(8)15/h4-6H,7H2,1-3H3,(H,14,16). The van der Waals surface area contributed by atoms with E-state index in [1.807, 2.05) is 0 Å². The fourth-order valence-corrected chi connectivity index (χ4v) is 1.59. The van der Waals surface area contributed by atoms with E-state index in [-0.39, 0.29) is 12.5 Å². The lowest BCUT2D eigenvalue weighted by Gasteiger charge is -2.30. The van der Waals surface area contributed by atoms with Crippen LogP contribution in [0.3, 0.4) is 0 Å². The lowest BCUT2D eigenvalue weighted by Crippen LogP contribution is -2.45. The van der Waals surface area contributed by atoms with Gasteiger partial charge in [-0.1, -0.05) is 0 Å². The molecule has 1 N–H and O–H groups in total. The SMILES string of the molecule is CC(C)(C)OC(=O)N1CC(=O)Nc2cccnc21. The minimum Gasteiger partial charge on any atom is -0.443 e. The molecule has 0 unspecified atom stereocenters. The van der Waals surface area contributed by atoms with E-state index in [1.54, 1.807) is 39.1 Å². The monoisotopic (exact) mass is 249 g/mol. The highest BCUT2D eigenvalue weighted by molar-refractivity contribution is 6.07. The molecule has 18 heavy (non-hydrogen) atoms. The van der Waals surface area contributed by atoms with Crippen LogP contribution in [0.1, 0.15) is 20.8 Å². The Labute approximate surface area is 105 Å². The van der Waals surface area contributed by atoms with Crippen molar-refractivity contribution in [3.8, 4) is 0 Å². The van der Waals surface area contributed by atoms with E-state index in [0.29, 0.717) is 11.5 Å². The van der Waals surface area contributed by atoms with Crippen LogP contribution in [0.2, 0.25) is 0 Å². The molecule has 0 aromatic carbocycles. The van der Waals surface area contributed by atoms with Crippen molar-refractivity contribution >= 4 is 23.5 Å². The number of amides is 2. The average Bonchev–Trinajstić information content (AvgIpc) is 2.25. The van der Waals surface area contributed by atoms with Gasteiger partial charge in [0.2, 0.25) is 5.91 Å². The van der Waals surface area contributed by atoms with Crippen LogP contribution in [0.25, 0.3) is 0 Å². The number of nitrogens with zero attached hydrogens (tertiary/aromatic N) is 2. The summed E-state index contributed by atoms with van der Waals surface area (Å²) < 4.78 is 5.25. The molecular formula is C12H15N3O3. The van der Waals surface area contributed by atoms with E-state index in [0.717, 1.165) is 0 Å². The summed E-state index contributed by atoms with van der Waals surface area (Å²) in [6.07, 6.45) is 0.991. The van der Waals surface area contributed by atoms with Crippen molar-refractivity contribution in [2.24, 2.45) is 0 Å². The molecule has 0 radical (unpaired) electrons. The first-order valence-corrected chi connectivity index (χ1v) is 5.62. The number of carbonyl (C=O) groups excluding carboxylic acids is 2. The van der Waals surface area contributed by atoms with Crippen molar-refractivity contribution in [2.45, 2.75) is 26.4 Å². The van der Waals surface area contributed by atoms with Crippen molar-refractivity contribution in [1.29, 1.82) is 0 Å². The van der Waals surface area contributed by atoms with Crippen LogP contribution in [0, 0.1) is 0 Å². The number of rotatable bonds is 0. The smallest absolute Gasteiger partial charge is 0.416 e. The summed E-state index contributed by atoms with van der Waals surface area (Å²) in [6, 6.07) is 3.38. The summed E-state index contributed by atoms with van der Waals surface area (Å²) >= 11 is 0. The quantitative estimate of drug-likeness (QED) is 0.760. The molecule has 0 saturated carbocycles. The van der Waals surface area contributed by atoms with Crippen LogP contribution in [-0.4, -0.2) is 29.1 Å². The van der Waals surface area contributed by atoms with Gasteiger partial charge in [-0.15, -0.1) is 0 Å². The van der Waals surface area contributed by atoms with E-state index in [4.69, 9.17) is 4.74 Å². The molecule has 1 aliphatic heterocycles. The molecule has 6 heteroatoms. The largest absolute Gasteiger partial charge is 0.443 e. The molecule has 2 rings (SSSR count). The van der Waals surface area contributed by atoms with Crippen molar-refractivity contribution in [1.82, 2.24) is 4.98 Å². The lowest BCUT2D eigenvalue weighted by molar-refractivity contribution is -0.115. The molecule has 1 aliphatic rings. The van der Waals surface area contributed by atoms with Gasteiger partial charge in [-0.05, 0) is 32.9 Å². The number of ether oxygens (including phenoxy) is 1. The zero-order valence-electron chi connectivity index (χ0n) is 10.6. The zero-order chi connectivity index (χ0) is 13.3. The minimum absolute atomic E-state index is 0.0844. The third-order valence-electron chi connectivity index (χ3n) is 2.23. The molecule has 0 saturated heterocycles. The van der Waals surface area contributed by atoms with Gasteiger partial charge in [0.25, 0.3) is 0 Å². The van der Waals surface area contributed by atoms with E-state index in [2.05, 4.69) is 10.3 Å². The van der Waals surface area contributed by atoms with Crippen molar-refractivity contribution in [3.05, 3.63) is 18.3 Å². The molecule has 2 heterocycles. The number of hydrogen-bond donors (Lipinski definition) is 1. The summed E-state index contributed by atoms with van der Waals surface area (Å²) in [6.45, 7) is 5.23. The molecule has 1 aromatic heterocycles. The highest BCUT2D eigenvalue weighted by Gasteiger charge is 2.31. The number of pyridine rings is 1. The molecule has 0 fully saturated rings. The van der Waals surface area contributed by atoms with Crippen LogP contribution >= 0.6 is 0 Å². The molecule has 1 aromatic rings. The minimum atomic E-state index is -0.611. The first-order chi connectivity index (χ1) is 8.37. The Morgan fingerprint density at radius 3 is 2.89 bits per heavy atom. The van der Waals surface area contributed by atoms with Crippen molar-refractivity contribution in [3.63, 3.8) is 0 Å². The van der Waals surface area contributed by atoms with Crippen LogP contribution in [-0.2, 0) is 9.53 Å². The predicted molar refractivity (Wildman–Crippen MR) is 66.4 cm³/mol. The summed E-state index contributed by atoms with van der Waals surface area (Å²) in [4.78, 5) is 28.9. The zero-order valence-corrected chi connectivity index (χ0v) is 10.6. The molecule has 0 bridgehead atoms. The van der Waals surface area contributed by atoms with E-state index < -0.39 is 11.7 Å². The topological polar surface area (TPSA) is 71.5 Å². The fourth-order valence-electron chi connectivity index (χ4n) is 1.59. The Bertz CT molecular complexity index is 494. The van der Waals surface area contributed by atoms with Crippen LogP contribution in [0.5, 0.6) is 0 Å². The molecule has 0 spiro atoms. The van der Waals surface area contributed by atoms with Crippen molar-refractivity contribution < 1.29 is 14.3 Å². The molecule has 0 aliphatic carbocycles.